The van der Waals surface area contributed by atoms with E-state index in [0.29, 0.717) is 12.6 Å². The summed E-state index contributed by atoms with van der Waals surface area (Å²) in [6.45, 7) is 0.755. The molecule has 5 nitrogen and oxygen atoms in total. The third kappa shape index (κ3) is 3.36. The fourth-order valence-corrected chi connectivity index (χ4v) is 3.33. The summed E-state index contributed by atoms with van der Waals surface area (Å²) < 4.78 is 0.872. The van der Waals surface area contributed by atoms with Gasteiger partial charge in [-0.15, -0.1) is 0 Å². The first-order valence-electron chi connectivity index (χ1n) is 6.83. The molecule has 0 saturated heterocycles. The number of anilines is 2. The van der Waals surface area contributed by atoms with Gasteiger partial charge in [-0.25, -0.2) is 9.97 Å². The maximum Gasteiger partial charge on any atom is 0.148 e. The van der Waals surface area contributed by atoms with Crippen molar-refractivity contribution in [3.8, 4) is 0 Å². The first-order valence-corrected chi connectivity index (χ1v) is 7.63. The van der Waals surface area contributed by atoms with Crippen LogP contribution in [0.5, 0.6) is 0 Å². The van der Waals surface area contributed by atoms with Gasteiger partial charge in [0.05, 0.1) is 6.61 Å². The van der Waals surface area contributed by atoms with Crippen LogP contribution in [-0.4, -0.2) is 41.3 Å². The number of hydrogen-bond acceptors (Lipinski definition) is 5. The van der Waals surface area contributed by atoms with E-state index in [1.165, 1.54) is 32.1 Å². The Morgan fingerprint density at radius 1 is 1.37 bits per heavy atom. The van der Waals surface area contributed by atoms with Crippen molar-refractivity contribution in [3.05, 3.63) is 10.8 Å². The highest BCUT2D eigenvalue weighted by molar-refractivity contribution is 9.10. The molecule has 1 saturated carbocycles. The van der Waals surface area contributed by atoms with Gasteiger partial charge in [0.25, 0.3) is 0 Å². The predicted molar refractivity (Wildman–Crippen MR) is 80.6 cm³/mol. The van der Waals surface area contributed by atoms with E-state index in [4.69, 9.17) is 0 Å². The summed E-state index contributed by atoms with van der Waals surface area (Å²) in [5.74, 6) is 1.66. The molecule has 1 aliphatic rings. The smallest absolute Gasteiger partial charge is 0.148 e. The van der Waals surface area contributed by atoms with Gasteiger partial charge in [0.1, 0.15) is 22.4 Å². The fraction of sp³-hybridized carbons (Fsp3) is 0.692. The normalized spacial score (nSPS) is 16.4. The van der Waals surface area contributed by atoms with Crippen LogP contribution in [0.4, 0.5) is 11.6 Å². The maximum absolute atomic E-state index is 9.33. The molecular formula is C13H21BrN4O. The molecule has 0 aliphatic heterocycles. The molecule has 0 radical (unpaired) electrons. The number of rotatable bonds is 5. The fourth-order valence-electron chi connectivity index (χ4n) is 2.70. The molecular weight excluding hydrogens is 308 g/mol. The Hall–Kier alpha value is -0.880. The number of halogens is 1. The molecule has 19 heavy (non-hydrogen) atoms. The number of aliphatic hydroxyl groups excluding tert-OH is 1. The van der Waals surface area contributed by atoms with E-state index in [9.17, 15) is 5.11 Å². The van der Waals surface area contributed by atoms with E-state index >= 15 is 0 Å². The van der Waals surface area contributed by atoms with Crippen LogP contribution in [0, 0.1) is 0 Å². The van der Waals surface area contributed by atoms with Gasteiger partial charge in [-0.2, -0.15) is 0 Å². The standard InChI is InChI=1S/C13H21BrN4O/c1-15-12-11(14)13(17-9-16-12)18(7-8-19)10-5-3-2-4-6-10/h9-10,19H,2-8H2,1H3,(H,15,16,17). The lowest BCUT2D eigenvalue weighted by Crippen LogP contribution is -2.39. The highest BCUT2D eigenvalue weighted by Gasteiger charge is 2.24. The van der Waals surface area contributed by atoms with Crippen LogP contribution in [0.25, 0.3) is 0 Å². The maximum atomic E-state index is 9.33. The highest BCUT2D eigenvalue weighted by atomic mass is 79.9. The van der Waals surface area contributed by atoms with Crippen LogP contribution in [0.15, 0.2) is 10.8 Å². The zero-order valence-electron chi connectivity index (χ0n) is 11.3. The zero-order chi connectivity index (χ0) is 13.7. The van der Waals surface area contributed by atoms with E-state index in [-0.39, 0.29) is 6.61 Å². The molecule has 6 heteroatoms. The third-order valence-electron chi connectivity index (χ3n) is 3.64. The van der Waals surface area contributed by atoms with Gasteiger partial charge < -0.3 is 15.3 Å². The van der Waals surface area contributed by atoms with Crippen molar-refractivity contribution in [2.45, 2.75) is 38.1 Å². The van der Waals surface area contributed by atoms with Crippen LogP contribution in [-0.2, 0) is 0 Å². The lowest BCUT2D eigenvalue weighted by atomic mass is 9.94. The summed E-state index contributed by atoms with van der Waals surface area (Å²) in [6, 6.07) is 0.469. The summed E-state index contributed by atoms with van der Waals surface area (Å²) in [6.07, 6.45) is 7.74. The highest BCUT2D eigenvalue weighted by Crippen LogP contribution is 2.33. The largest absolute Gasteiger partial charge is 0.395 e. The van der Waals surface area contributed by atoms with Crippen molar-refractivity contribution in [1.82, 2.24) is 9.97 Å². The summed E-state index contributed by atoms with van der Waals surface area (Å²) in [5.41, 5.74) is 0. The average molecular weight is 329 g/mol. The van der Waals surface area contributed by atoms with Gasteiger partial charge in [0, 0.05) is 19.6 Å². The topological polar surface area (TPSA) is 61.3 Å². The SMILES string of the molecule is CNc1ncnc(N(CCO)C2CCCCC2)c1Br. The molecule has 2 rings (SSSR count). The van der Waals surface area contributed by atoms with Crippen LogP contribution in [0.3, 0.4) is 0 Å². The van der Waals surface area contributed by atoms with E-state index in [1.807, 2.05) is 7.05 Å². The number of hydrogen-bond donors (Lipinski definition) is 2. The van der Waals surface area contributed by atoms with Gasteiger partial charge in [-0.1, -0.05) is 19.3 Å². The Bertz CT molecular complexity index is 410. The average Bonchev–Trinajstić information content (AvgIpc) is 2.46. The summed E-state index contributed by atoms with van der Waals surface area (Å²) in [5, 5.41) is 12.4. The molecule has 1 aliphatic carbocycles. The monoisotopic (exact) mass is 328 g/mol. The summed E-state index contributed by atoms with van der Waals surface area (Å²) in [7, 11) is 1.84. The number of aromatic nitrogens is 2. The molecule has 106 valence electrons. The number of aliphatic hydroxyl groups is 1. The van der Waals surface area contributed by atoms with Gasteiger partial charge in [-0.05, 0) is 28.8 Å². The van der Waals surface area contributed by atoms with Crippen LogP contribution >= 0.6 is 15.9 Å². The quantitative estimate of drug-likeness (QED) is 0.869. The van der Waals surface area contributed by atoms with Crippen LogP contribution < -0.4 is 10.2 Å². The van der Waals surface area contributed by atoms with Crippen molar-refractivity contribution >= 4 is 27.6 Å². The van der Waals surface area contributed by atoms with Crippen LogP contribution in [0.2, 0.25) is 0 Å². The second kappa shape index (κ2) is 7.05. The molecule has 0 spiro atoms. The molecule has 2 N–H and O–H groups in total. The molecule has 1 heterocycles. The van der Waals surface area contributed by atoms with Crippen molar-refractivity contribution < 1.29 is 5.11 Å². The van der Waals surface area contributed by atoms with E-state index < -0.39 is 0 Å². The minimum atomic E-state index is 0.141. The van der Waals surface area contributed by atoms with Crippen LogP contribution in [0.1, 0.15) is 32.1 Å². The Balaban J connectivity index is 2.27. The first-order chi connectivity index (χ1) is 9.27. The van der Waals surface area contributed by atoms with Gasteiger partial charge in [0.15, 0.2) is 0 Å². The van der Waals surface area contributed by atoms with Gasteiger partial charge >= 0.3 is 0 Å². The van der Waals surface area contributed by atoms with Crippen molar-refractivity contribution in [3.63, 3.8) is 0 Å². The molecule has 0 unspecified atom stereocenters. The second-order valence-electron chi connectivity index (χ2n) is 4.82. The Kier molecular flexibility index (Phi) is 5.39. The van der Waals surface area contributed by atoms with Gasteiger partial charge in [0.2, 0.25) is 0 Å². The first kappa shape index (κ1) is 14.5. The number of nitrogens with one attached hydrogen (secondary N) is 1. The predicted octanol–water partition coefficient (Wildman–Crippen LogP) is 2.41. The number of nitrogens with zero attached hydrogens (tertiary/aromatic N) is 3. The molecule has 1 aromatic rings. The lowest BCUT2D eigenvalue weighted by molar-refractivity contribution is 0.289. The molecule has 0 bridgehead atoms. The van der Waals surface area contributed by atoms with E-state index in [1.54, 1.807) is 6.33 Å². The Morgan fingerprint density at radius 2 is 2.11 bits per heavy atom. The van der Waals surface area contributed by atoms with Crippen molar-refractivity contribution in [1.29, 1.82) is 0 Å². The molecule has 1 fully saturated rings. The lowest BCUT2D eigenvalue weighted by Gasteiger charge is -2.35. The summed E-state index contributed by atoms with van der Waals surface area (Å²) >= 11 is 3.57. The van der Waals surface area contributed by atoms with E-state index in [2.05, 4.69) is 36.1 Å². The molecule has 0 amide bonds. The minimum Gasteiger partial charge on any atom is -0.395 e. The molecule has 0 atom stereocenters. The third-order valence-corrected chi connectivity index (χ3v) is 4.37. The second-order valence-corrected chi connectivity index (χ2v) is 5.61. The minimum absolute atomic E-state index is 0.141. The molecule has 1 aromatic heterocycles. The van der Waals surface area contributed by atoms with E-state index in [0.717, 1.165) is 16.1 Å². The molecule has 0 aromatic carbocycles. The zero-order valence-corrected chi connectivity index (χ0v) is 12.9. The van der Waals surface area contributed by atoms with Gasteiger partial charge in [-0.3, -0.25) is 0 Å². The summed E-state index contributed by atoms with van der Waals surface area (Å²) in [4.78, 5) is 10.8. The Labute approximate surface area is 122 Å². The Morgan fingerprint density at radius 3 is 2.74 bits per heavy atom. The van der Waals surface area contributed by atoms with Crippen molar-refractivity contribution in [2.24, 2.45) is 0 Å². The van der Waals surface area contributed by atoms with Crippen molar-refractivity contribution in [2.75, 3.05) is 30.4 Å².